The normalized spacial score (nSPS) is 24.7. The van der Waals surface area contributed by atoms with Gasteiger partial charge in [-0.15, -0.1) is 0 Å². The molecule has 1 atom stereocenters. The average molecular weight is 242 g/mol. The summed E-state index contributed by atoms with van der Waals surface area (Å²) in [5, 5.41) is 0. The van der Waals surface area contributed by atoms with Crippen LogP contribution in [0.15, 0.2) is 0 Å². The molecular weight excluding hydrogens is 220 g/mol. The van der Waals surface area contributed by atoms with Crippen LogP contribution in [0.5, 0.6) is 0 Å². The fraction of sp³-hybridized carbons (Fsp3) is 0.846. The maximum absolute atomic E-state index is 12.1. The fourth-order valence-electron chi connectivity index (χ4n) is 2.46. The Labute approximate surface area is 103 Å². The Bertz CT molecular complexity index is 275. The molecule has 1 aliphatic rings. The van der Waals surface area contributed by atoms with E-state index in [2.05, 4.69) is 0 Å². The van der Waals surface area contributed by atoms with Crippen molar-refractivity contribution in [3.63, 3.8) is 0 Å². The summed E-state index contributed by atoms with van der Waals surface area (Å²) in [5.74, 6) is -0.279. The number of rotatable bonds is 6. The van der Waals surface area contributed by atoms with Gasteiger partial charge < -0.3 is 9.47 Å². The molecular formula is C13H22O4. The van der Waals surface area contributed by atoms with Gasteiger partial charge >= 0.3 is 5.97 Å². The molecule has 1 unspecified atom stereocenters. The molecule has 4 heteroatoms. The Kier molecular flexibility index (Phi) is 5.62. The largest absolute Gasteiger partial charge is 0.465 e. The maximum Gasteiger partial charge on any atom is 0.319 e. The molecule has 0 saturated heterocycles. The molecule has 0 amide bonds. The SMILES string of the molecule is CCOC(=O)C1(CCCOC)CCCCC1=O. The Balaban J connectivity index is 2.74. The second kappa shape index (κ2) is 6.74. The predicted molar refractivity (Wildman–Crippen MR) is 63.7 cm³/mol. The van der Waals surface area contributed by atoms with E-state index in [1.807, 2.05) is 0 Å². The average Bonchev–Trinajstić information content (AvgIpc) is 2.32. The first-order valence-electron chi connectivity index (χ1n) is 6.37. The van der Waals surface area contributed by atoms with Crippen molar-refractivity contribution in [3.05, 3.63) is 0 Å². The first kappa shape index (κ1) is 14.2. The van der Waals surface area contributed by atoms with Gasteiger partial charge in [0.05, 0.1) is 6.61 Å². The molecule has 0 aromatic carbocycles. The van der Waals surface area contributed by atoms with Crippen molar-refractivity contribution >= 4 is 11.8 Å². The van der Waals surface area contributed by atoms with Gasteiger partial charge in [-0.05, 0) is 32.6 Å². The zero-order valence-corrected chi connectivity index (χ0v) is 10.8. The highest BCUT2D eigenvalue weighted by molar-refractivity contribution is 6.04. The number of ether oxygens (including phenoxy) is 2. The third-order valence-corrected chi connectivity index (χ3v) is 3.41. The molecule has 17 heavy (non-hydrogen) atoms. The van der Waals surface area contributed by atoms with Crippen LogP contribution in [0, 0.1) is 5.41 Å². The van der Waals surface area contributed by atoms with Crippen molar-refractivity contribution in [2.24, 2.45) is 5.41 Å². The van der Waals surface area contributed by atoms with Crippen LogP contribution >= 0.6 is 0 Å². The number of Topliss-reactive ketones (excluding diaryl/α,β-unsaturated/α-hetero) is 1. The number of hydrogen-bond donors (Lipinski definition) is 0. The lowest BCUT2D eigenvalue weighted by Crippen LogP contribution is -2.43. The van der Waals surface area contributed by atoms with Crippen LogP contribution in [0.4, 0.5) is 0 Å². The first-order chi connectivity index (χ1) is 8.17. The monoisotopic (exact) mass is 242 g/mol. The van der Waals surface area contributed by atoms with Crippen LogP contribution in [-0.4, -0.2) is 32.1 Å². The summed E-state index contributed by atoms with van der Waals surface area (Å²) in [6, 6.07) is 0. The number of methoxy groups -OCH3 is 1. The zero-order chi connectivity index (χ0) is 12.7. The van der Waals surface area contributed by atoms with E-state index in [1.54, 1.807) is 14.0 Å². The van der Waals surface area contributed by atoms with Gasteiger partial charge in [0, 0.05) is 20.1 Å². The lowest BCUT2D eigenvalue weighted by Gasteiger charge is -2.33. The molecule has 0 bridgehead atoms. The minimum atomic E-state index is -0.882. The number of ketones is 1. The van der Waals surface area contributed by atoms with E-state index in [-0.39, 0.29) is 11.8 Å². The number of carbonyl (C=O) groups is 2. The number of carbonyl (C=O) groups excluding carboxylic acids is 2. The second-order valence-electron chi connectivity index (χ2n) is 4.53. The highest BCUT2D eigenvalue weighted by Crippen LogP contribution is 2.38. The molecule has 0 heterocycles. The molecule has 1 saturated carbocycles. The minimum absolute atomic E-state index is 0.0540. The first-order valence-corrected chi connectivity index (χ1v) is 6.37. The van der Waals surface area contributed by atoms with Gasteiger partial charge in [-0.25, -0.2) is 0 Å². The van der Waals surface area contributed by atoms with Crippen LogP contribution in [0.1, 0.15) is 45.4 Å². The van der Waals surface area contributed by atoms with Gasteiger partial charge in [0.1, 0.15) is 11.2 Å². The topological polar surface area (TPSA) is 52.6 Å². The number of esters is 1. The van der Waals surface area contributed by atoms with Crippen molar-refractivity contribution < 1.29 is 19.1 Å². The van der Waals surface area contributed by atoms with Gasteiger partial charge in [0.2, 0.25) is 0 Å². The molecule has 0 aromatic rings. The standard InChI is InChI=1S/C13H22O4/c1-3-17-12(15)13(9-6-10-16-2)8-5-4-7-11(13)14/h3-10H2,1-2H3. The van der Waals surface area contributed by atoms with Crippen LogP contribution in [0.3, 0.4) is 0 Å². The van der Waals surface area contributed by atoms with Gasteiger partial charge in [-0.3, -0.25) is 9.59 Å². The second-order valence-corrected chi connectivity index (χ2v) is 4.53. The zero-order valence-electron chi connectivity index (χ0n) is 10.8. The van der Waals surface area contributed by atoms with Gasteiger partial charge in [-0.2, -0.15) is 0 Å². The molecule has 0 spiro atoms. The van der Waals surface area contributed by atoms with E-state index in [0.717, 1.165) is 19.3 Å². The summed E-state index contributed by atoms with van der Waals surface area (Å²) in [6.07, 6.45) is 4.24. The van der Waals surface area contributed by atoms with Crippen molar-refractivity contribution in [2.45, 2.75) is 45.4 Å². The molecule has 1 rings (SSSR count). The smallest absolute Gasteiger partial charge is 0.319 e. The molecule has 1 fully saturated rings. The van der Waals surface area contributed by atoms with Gasteiger partial charge in [-0.1, -0.05) is 6.42 Å². The Morgan fingerprint density at radius 2 is 2.18 bits per heavy atom. The van der Waals surface area contributed by atoms with E-state index >= 15 is 0 Å². The van der Waals surface area contributed by atoms with Crippen LogP contribution in [0.25, 0.3) is 0 Å². The third kappa shape index (κ3) is 3.28. The van der Waals surface area contributed by atoms with Crippen molar-refractivity contribution in [1.29, 1.82) is 0 Å². The predicted octanol–water partition coefficient (Wildman–Crippen LogP) is 2.11. The highest BCUT2D eigenvalue weighted by Gasteiger charge is 2.47. The minimum Gasteiger partial charge on any atom is -0.465 e. The number of hydrogen-bond acceptors (Lipinski definition) is 4. The Morgan fingerprint density at radius 1 is 1.41 bits per heavy atom. The quantitative estimate of drug-likeness (QED) is 0.406. The van der Waals surface area contributed by atoms with Crippen LogP contribution in [-0.2, 0) is 19.1 Å². The lowest BCUT2D eigenvalue weighted by molar-refractivity contribution is -0.163. The van der Waals surface area contributed by atoms with Crippen molar-refractivity contribution in [1.82, 2.24) is 0 Å². The summed E-state index contributed by atoms with van der Waals surface area (Å²) in [4.78, 5) is 24.1. The molecule has 1 aliphatic carbocycles. The summed E-state index contributed by atoms with van der Waals surface area (Å²) in [7, 11) is 1.62. The van der Waals surface area contributed by atoms with E-state index < -0.39 is 5.41 Å². The van der Waals surface area contributed by atoms with E-state index in [4.69, 9.17) is 9.47 Å². The van der Waals surface area contributed by atoms with Crippen LogP contribution in [0.2, 0.25) is 0 Å². The Morgan fingerprint density at radius 3 is 2.76 bits per heavy atom. The summed E-state index contributed by atoms with van der Waals surface area (Å²) in [5.41, 5.74) is -0.882. The molecule has 4 nitrogen and oxygen atoms in total. The summed E-state index contributed by atoms with van der Waals surface area (Å²) >= 11 is 0. The Hall–Kier alpha value is -0.900. The summed E-state index contributed by atoms with van der Waals surface area (Å²) < 4.78 is 10.1. The maximum atomic E-state index is 12.1. The molecule has 0 aromatic heterocycles. The third-order valence-electron chi connectivity index (χ3n) is 3.41. The summed E-state index contributed by atoms with van der Waals surface area (Å²) in [6.45, 7) is 2.68. The fourth-order valence-corrected chi connectivity index (χ4v) is 2.46. The highest BCUT2D eigenvalue weighted by atomic mass is 16.5. The lowest BCUT2D eigenvalue weighted by atomic mass is 9.70. The molecule has 0 radical (unpaired) electrons. The molecule has 0 N–H and O–H groups in total. The molecule has 0 aliphatic heterocycles. The van der Waals surface area contributed by atoms with Gasteiger partial charge in [0.15, 0.2) is 0 Å². The van der Waals surface area contributed by atoms with Gasteiger partial charge in [0.25, 0.3) is 0 Å². The van der Waals surface area contributed by atoms with Crippen molar-refractivity contribution in [3.8, 4) is 0 Å². The van der Waals surface area contributed by atoms with Crippen LogP contribution < -0.4 is 0 Å². The van der Waals surface area contributed by atoms with E-state index in [9.17, 15) is 9.59 Å². The molecule has 98 valence electrons. The van der Waals surface area contributed by atoms with E-state index in [1.165, 1.54) is 0 Å². The van der Waals surface area contributed by atoms with E-state index in [0.29, 0.717) is 32.5 Å². The van der Waals surface area contributed by atoms with Crippen molar-refractivity contribution in [2.75, 3.05) is 20.3 Å².